The Labute approximate surface area is 102 Å². The van der Waals surface area contributed by atoms with Gasteiger partial charge in [0.2, 0.25) is 5.78 Å². The molecule has 0 aromatic carbocycles. The number of carbonyl (C=O) groups is 2. The maximum Gasteiger partial charge on any atom is 0.286 e. The maximum atomic E-state index is 11.4. The fourth-order valence-corrected chi connectivity index (χ4v) is 2.85. The third-order valence-corrected chi connectivity index (χ3v) is 3.76. The highest BCUT2D eigenvalue weighted by Crippen LogP contribution is 2.33. The predicted molar refractivity (Wildman–Crippen MR) is 64.2 cm³/mol. The van der Waals surface area contributed by atoms with Gasteiger partial charge in [-0.3, -0.25) is 14.6 Å². The molecule has 0 spiro atoms. The number of allylic oxidation sites excluding steroid dienone is 2. The summed E-state index contributed by atoms with van der Waals surface area (Å²) in [6.45, 7) is 0. The van der Waals surface area contributed by atoms with Gasteiger partial charge in [0, 0.05) is 0 Å². The molecule has 1 heterocycles. The van der Waals surface area contributed by atoms with E-state index in [1.807, 2.05) is 24.3 Å². The Kier molecular flexibility index (Phi) is 3.11. The van der Waals surface area contributed by atoms with Gasteiger partial charge in [0.05, 0.1) is 22.4 Å². The van der Waals surface area contributed by atoms with Gasteiger partial charge in [-0.05, 0) is 0 Å². The number of carbonyl (C=O) groups excluding carboxylic acids is 2. The molecule has 1 aliphatic heterocycles. The van der Waals surface area contributed by atoms with E-state index in [-0.39, 0.29) is 11.3 Å². The van der Waals surface area contributed by atoms with Crippen molar-refractivity contribution in [1.29, 1.82) is 5.26 Å². The summed E-state index contributed by atoms with van der Waals surface area (Å²) in [7, 11) is 0. The minimum absolute atomic E-state index is 0.0588. The first kappa shape index (κ1) is 11.6. The first-order chi connectivity index (χ1) is 8.13. The number of nitriles is 1. The van der Waals surface area contributed by atoms with E-state index in [2.05, 4.69) is 4.99 Å². The molecule has 0 unspecified atom stereocenters. The third kappa shape index (κ3) is 2.15. The first-order valence-electron chi connectivity index (χ1n) is 4.96. The number of ketones is 1. The van der Waals surface area contributed by atoms with Crippen molar-refractivity contribution in [2.45, 2.75) is 11.3 Å². The second-order valence-corrected chi connectivity index (χ2v) is 4.80. The largest absolute Gasteiger partial charge is 0.363 e. The summed E-state index contributed by atoms with van der Waals surface area (Å²) in [5.41, 5.74) is 4.89. The third-order valence-electron chi connectivity index (χ3n) is 2.47. The van der Waals surface area contributed by atoms with Crippen LogP contribution in [0.5, 0.6) is 0 Å². The van der Waals surface area contributed by atoms with Crippen LogP contribution in [0.1, 0.15) is 0 Å². The standard InChI is InChI=1S/C11H9N3O2S/c12-5-6(9(15)10(13)16)11-14-7-3-1-2-4-8(7)17-11/h1-4,6-8H,(H2,13,16)/t6-,7+,8-/m1/s1. The lowest BCUT2D eigenvalue weighted by atomic mass is 10.1. The van der Waals surface area contributed by atoms with Crippen molar-refractivity contribution in [2.75, 3.05) is 0 Å². The molecule has 1 aliphatic carbocycles. The molecule has 0 aromatic rings. The smallest absolute Gasteiger partial charge is 0.286 e. The highest BCUT2D eigenvalue weighted by molar-refractivity contribution is 8.15. The number of thioether (sulfide) groups is 1. The van der Waals surface area contributed by atoms with Gasteiger partial charge < -0.3 is 5.73 Å². The number of Topliss-reactive ketones (excluding diaryl/α,β-unsaturated/α-hetero) is 1. The number of nitrogens with two attached hydrogens (primary N) is 1. The number of nitrogens with zero attached hydrogens (tertiary/aromatic N) is 2. The van der Waals surface area contributed by atoms with Crippen LogP contribution < -0.4 is 5.73 Å². The second-order valence-electron chi connectivity index (χ2n) is 3.60. The summed E-state index contributed by atoms with van der Waals surface area (Å²) in [6, 6.07) is 1.73. The van der Waals surface area contributed by atoms with Crippen LogP contribution in [0.2, 0.25) is 0 Å². The zero-order chi connectivity index (χ0) is 12.4. The topological polar surface area (TPSA) is 96.3 Å². The fourth-order valence-electron chi connectivity index (χ4n) is 1.63. The van der Waals surface area contributed by atoms with Crippen molar-refractivity contribution in [3.63, 3.8) is 0 Å². The van der Waals surface area contributed by atoms with Crippen LogP contribution in [0.25, 0.3) is 0 Å². The molecule has 0 bridgehead atoms. The molecule has 86 valence electrons. The van der Waals surface area contributed by atoms with Crippen LogP contribution in [-0.2, 0) is 9.59 Å². The monoisotopic (exact) mass is 247 g/mol. The number of fused-ring (bicyclic) bond motifs is 1. The molecule has 0 aromatic heterocycles. The molecular weight excluding hydrogens is 238 g/mol. The zero-order valence-electron chi connectivity index (χ0n) is 8.74. The highest BCUT2D eigenvalue weighted by Gasteiger charge is 2.36. The quantitative estimate of drug-likeness (QED) is 0.720. The molecule has 1 amide bonds. The Bertz CT molecular complexity index is 501. The summed E-state index contributed by atoms with van der Waals surface area (Å²) >= 11 is 1.33. The van der Waals surface area contributed by atoms with Gasteiger partial charge in [-0.15, -0.1) is 0 Å². The van der Waals surface area contributed by atoms with Crippen LogP contribution in [0.4, 0.5) is 0 Å². The average Bonchev–Trinajstić information content (AvgIpc) is 2.72. The summed E-state index contributed by atoms with van der Waals surface area (Å²) in [4.78, 5) is 26.5. The van der Waals surface area contributed by atoms with Gasteiger partial charge in [0.15, 0.2) is 5.92 Å². The molecule has 17 heavy (non-hydrogen) atoms. The van der Waals surface area contributed by atoms with Gasteiger partial charge in [-0.2, -0.15) is 5.26 Å². The van der Waals surface area contributed by atoms with Crippen LogP contribution in [0.15, 0.2) is 29.3 Å². The normalized spacial score (nSPS) is 26.9. The second kappa shape index (κ2) is 4.55. The summed E-state index contributed by atoms with van der Waals surface area (Å²) < 4.78 is 0. The van der Waals surface area contributed by atoms with Crippen molar-refractivity contribution in [3.05, 3.63) is 24.3 Å². The first-order valence-corrected chi connectivity index (χ1v) is 5.84. The molecule has 0 saturated carbocycles. The SMILES string of the molecule is N#C[C@H](C(=O)C(N)=O)C1=N[C@H]2C=CC=C[C@H]2S1. The molecule has 0 radical (unpaired) electrons. The molecule has 3 atom stereocenters. The van der Waals surface area contributed by atoms with Crippen molar-refractivity contribution in [2.24, 2.45) is 16.6 Å². The fraction of sp³-hybridized carbons (Fsp3) is 0.273. The molecular formula is C11H9N3O2S. The van der Waals surface area contributed by atoms with E-state index in [9.17, 15) is 9.59 Å². The number of hydrogen-bond donors (Lipinski definition) is 1. The molecule has 2 N–H and O–H groups in total. The average molecular weight is 247 g/mol. The van der Waals surface area contributed by atoms with E-state index in [0.29, 0.717) is 5.04 Å². The Balaban J connectivity index is 2.21. The van der Waals surface area contributed by atoms with Crippen LogP contribution in [0, 0.1) is 17.2 Å². The Morgan fingerprint density at radius 1 is 1.47 bits per heavy atom. The number of aliphatic imine (C=N–C) groups is 1. The predicted octanol–water partition coefficient (Wildman–Crippen LogP) is 0.189. The summed E-state index contributed by atoms with van der Waals surface area (Å²) in [6.07, 6.45) is 7.61. The molecule has 2 aliphatic rings. The Morgan fingerprint density at radius 3 is 2.76 bits per heavy atom. The Hall–Kier alpha value is -1.87. The minimum Gasteiger partial charge on any atom is -0.363 e. The lowest BCUT2D eigenvalue weighted by Gasteiger charge is -2.11. The molecule has 2 rings (SSSR count). The van der Waals surface area contributed by atoms with Crippen LogP contribution in [0.3, 0.4) is 0 Å². The van der Waals surface area contributed by atoms with Crippen LogP contribution >= 0.6 is 11.8 Å². The van der Waals surface area contributed by atoms with E-state index in [1.54, 1.807) is 6.07 Å². The molecule has 0 saturated heterocycles. The van der Waals surface area contributed by atoms with Gasteiger partial charge in [-0.1, -0.05) is 36.1 Å². The summed E-state index contributed by atoms with van der Waals surface area (Å²) in [5, 5.41) is 9.41. The minimum atomic E-state index is -1.16. The van der Waals surface area contributed by atoms with Crippen molar-refractivity contribution < 1.29 is 9.59 Å². The number of hydrogen-bond acceptors (Lipinski definition) is 5. The van der Waals surface area contributed by atoms with Crippen molar-refractivity contribution in [3.8, 4) is 6.07 Å². The number of amides is 1. The van der Waals surface area contributed by atoms with Gasteiger partial charge >= 0.3 is 0 Å². The number of primary amides is 1. The molecule has 6 heteroatoms. The zero-order valence-corrected chi connectivity index (χ0v) is 9.55. The van der Waals surface area contributed by atoms with Crippen LogP contribution in [-0.4, -0.2) is 28.0 Å². The van der Waals surface area contributed by atoms with E-state index in [0.717, 1.165) is 0 Å². The number of rotatable bonds is 3. The van der Waals surface area contributed by atoms with E-state index in [1.165, 1.54) is 11.8 Å². The van der Waals surface area contributed by atoms with Crippen molar-refractivity contribution >= 4 is 28.5 Å². The van der Waals surface area contributed by atoms with Gasteiger partial charge in [-0.25, -0.2) is 0 Å². The Morgan fingerprint density at radius 2 is 2.18 bits per heavy atom. The van der Waals surface area contributed by atoms with Gasteiger partial charge in [0.25, 0.3) is 5.91 Å². The van der Waals surface area contributed by atoms with E-state index < -0.39 is 17.6 Å². The van der Waals surface area contributed by atoms with E-state index in [4.69, 9.17) is 11.0 Å². The maximum absolute atomic E-state index is 11.4. The molecule has 0 fully saturated rings. The highest BCUT2D eigenvalue weighted by atomic mass is 32.2. The van der Waals surface area contributed by atoms with Crippen molar-refractivity contribution in [1.82, 2.24) is 0 Å². The molecule has 5 nitrogen and oxygen atoms in total. The lowest BCUT2D eigenvalue weighted by Crippen LogP contribution is -2.32. The lowest BCUT2D eigenvalue weighted by molar-refractivity contribution is -0.136. The van der Waals surface area contributed by atoms with E-state index >= 15 is 0 Å². The van der Waals surface area contributed by atoms with Gasteiger partial charge in [0.1, 0.15) is 0 Å². The summed E-state index contributed by atoms with van der Waals surface area (Å²) in [5.74, 6) is -3.16.